The summed E-state index contributed by atoms with van der Waals surface area (Å²) in [6.07, 6.45) is 0. The Morgan fingerprint density at radius 1 is 1.05 bits per heavy atom. The van der Waals surface area contributed by atoms with Crippen molar-refractivity contribution in [2.75, 3.05) is 5.32 Å². The molecule has 0 amide bonds. The molecule has 0 saturated carbocycles. The Labute approximate surface area is 125 Å². The van der Waals surface area contributed by atoms with E-state index < -0.39 is 0 Å². The van der Waals surface area contributed by atoms with Crippen molar-refractivity contribution in [3.8, 4) is 0 Å². The summed E-state index contributed by atoms with van der Waals surface area (Å²) in [5, 5.41) is 4.86. The van der Waals surface area contributed by atoms with Crippen LogP contribution in [0.5, 0.6) is 0 Å². The van der Waals surface area contributed by atoms with Crippen molar-refractivity contribution in [3.05, 3.63) is 63.9 Å². The van der Waals surface area contributed by atoms with E-state index in [0.717, 1.165) is 10.2 Å². The van der Waals surface area contributed by atoms with E-state index >= 15 is 0 Å². The molecule has 0 bridgehead atoms. The molecule has 19 heavy (non-hydrogen) atoms. The predicted octanol–water partition coefficient (Wildman–Crippen LogP) is 5.84. The number of thiophene rings is 1. The molecule has 1 unspecified atom stereocenters. The van der Waals surface area contributed by atoms with Gasteiger partial charge in [-0.3, -0.25) is 0 Å². The predicted molar refractivity (Wildman–Crippen MR) is 88.0 cm³/mol. The van der Waals surface area contributed by atoms with E-state index in [4.69, 9.17) is 0 Å². The number of fused-ring (bicyclic) bond motifs is 1. The van der Waals surface area contributed by atoms with Gasteiger partial charge in [-0.05, 0) is 42.6 Å². The molecule has 1 heterocycles. The van der Waals surface area contributed by atoms with Crippen LogP contribution in [0.25, 0.3) is 10.1 Å². The smallest absolute Gasteiger partial charge is 0.0578 e. The number of benzene rings is 2. The highest BCUT2D eigenvalue weighted by molar-refractivity contribution is 9.10. The average Bonchev–Trinajstić information content (AvgIpc) is 2.82. The van der Waals surface area contributed by atoms with E-state index in [1.165, 1.54) is 15.0 Å². The lowest BCUT2D eigenvalue weighted by Gasteiger charge is -2.13. The molecule has 0 saturated heterocycles. The number of hydrogen-bond acceptors (Lipinski definition) is 2. The van der Waals surface area contributed by atoms with Crippen LogP contribution < -0.4 is 5.32 Å². The van der Waals surface area contributed by atoms with Gasteiger partial charge in [0.15, 0.2) is 0 Å². The summed E-state index contributed by atoms with van der Waals surface area (Å²) in [7, 11) is 0. The number of rotatable bonds is 3. The molecule has 3 heteroatoms. The van der Waals surface area contributed by atoms with E-state index in [2.05, 4.69) is 70.6 Å². The summed E-state index contributed by atoms with van der Waals surface area (Å²) in [5.74, 6) is 0. The van der Waals surface area contributed by atoms with Crippen molar-refractivity contribution < 1.29 is 0 Å². The summed E-state index contributed by atoms with van der Waals surface area (Å²) in [5.41, 5.74) is 1.14. The van der Waals surface area contributed by atoms with Gasteiger partial charge in [-0.15, -0.1) is 11.3 Å². The summed E-state index contributed by atoms with van der Waals surface area (Å²) in [6.45, 7) is 2.20. The Morgan fingerprint density at radius 3 is 2.68 bits per heavy atom. The largest absolute Gasteiger partial charge is 0.378 e. The van der Waals surface area contributed by atoms with Crippen molar-refractivity contribution >= 4 is 43.0 Å². The van der Waals surface area contributed by atoms with Crippen LogP contribution in [0.2, 0.25) is 0 Å². The van der Waals surface area contributed by atoms with Crippen LogP contribution in [0.3, 0.4) is 0 Å². The van der Waals surface area contributed by atoms with Gasteiger partial charge in [0, 0.05) is 19.7 Å². The fraction of sp³-hybridized carbons (Fsp3) is 0.125. The van der Waals surface area contributed by atoms with E-state index in [1.54, 1.807) is 0 Å². The first-order chi connectivity index (χ1) is 9.22. The first-order valence-electron chi connectivity index (χ1n) is 6.23. The van der Waals surface area contributed by atoms with Gasteiger partial charge in [-0.2, -0.15) is 0 Å². The van der Waals surface area contributed by atoms with Crippen LogP contribution in [0.4, 0.5) is 5.69 Å². The van der Waals surface area contributed by atoms with Gasteiger partial charge in [0.25, 0.3) is 0 Å². The zero-order valence-corrected chi connectivity index (χ0v) is 13.0. The molecule has 1 atom stereocenters. The lowest BCUT2D eigenvalue weighted by molar-refractivity contribution is 0.909. The molecule has 1 aromatic heterocycles. The third-order valence-electron chi connectivity index (χ3n) is 3.08. The highest BCUT2D eigenvalue weighted by atomic mass is 79.9. The van der Waals surface area contributed by atoms with Crippen LogP contribution >= 0.6 is 27.3 Å². The van der Waals surface area contributed by atoms with Crippen molar-refractivity contribution in [1.29, 1.82) is 0 Å². The third kappa shape index (κ3) is 2.82. The fourth-order valence-corrected chi connectivity index (χ4v) is 3.58. The second-order valence-corrected chi connectivity index (χ2v) is 6.59. The second-order valence-electron chi connectivity index (χ2n) is 4.56. The fourth-order valence-electron chi connectivity index (χ4n) is 2.12. The van der Waals surface area contributed by atoms with E-state index in [9.17, 15) is 0 Å². The van der Waals surface area contributed by atoms with Crippen LogP contribution in [0.1, 0.15) is 17.8 Å². The second kappa shape index (κ2) is 5.35. The Kier molecular flexibility index (Phi) is 3.58. The molecule has 96 valence electrons. The Bertz CT molecular complexity index is 672. The van der Waals surface area contributed by atoms with E-state index in [0.29, 0.717) is 6.04 Å². The van der Waals surface area contributed by atoms with Crippen molar-refractivity contribution in [2.24, 2.45) is 0 Å². The molecule has 1 nitrogen and oxygen atoms in total. The Hall–Kier alpha value is -1.32. The van der Waals surface area contributed by atoms with Crippen molar-refractivity contribution in [3.63, 3.8) is 0 Å². The number of anilines is 1. The molecule has 0 aliphatic carbocycles. The van der Waals surface area contributed by atoms with E-state index in [1.807, 2.05) is 23.5 Å². The standard InChI is InChI=1S/C16H14BrNS/c1-11(18-14-7-4-6-13(17)10-14)16-9-12-5-2-3-8-15(12)19-16/h2-11,18H,1H3. The van der Waals surface area contributed by atoms with Gasteiger partial charge in [0.2, 0.25) is 0 Å². The summed E-state index contributed by atoms with van der Waals surface area (Å²) >= 11 is 5.35. The quantitative estimate of drug-likeness (QED) is 0.635. The monoisotopic (exact) mass is 331 g/mol. The third-order valence-corrected chi connectivity index (χ3v) is 4.87. The lowest BCUT2D eigenvalue weighted by atomic mass is 10.2. The van der Waals surface area contributed by atoms with Gasteiger partial charge in [-0.25, -0.2) is 0 Å². The van der Waals surface area contributed by atoms with E-state index in [-0.39, 0.29) is 0 Å². The van der Waals surface area contributed by atoms with Crippen molar-refractivity contribution in [1.82, 2.24) is 0 Å². The molecule has 0 radical (unpaired) electrons. The number of nitrogens with one attached hydrogen (secondary N) is 1. The Balaban J connectivity index is 1.85. The summed E-state index contributed by atoms with van der Waals surface area (Å²) < 4.78 is 2.45. The first kappa shape index (κ1) is 12.7. The Morgan fingerprint density at radius 2 is 1.89 bits per heavy atom. The summed E-state index contributed by atoms with van der Waals surface area (Å²) in [6, 6.07) is 19.4. The van der Waals surface area contributed by atoms with Gasteiger partial charge in [0.05, 0.1) is 6.04 Å². The van der Waals surface area contributed by atoms with Gasteiger partial charge >= 0.3 is 0 Å². The summed E-state index contributed by atoms with van der Waals surface area (Å²) in [4.78, 5) is 1.36. The minimum atomic E-state index is 0.312. The minimum absolute atomic E-state index is 0.312. The molecule has 0 spiro atoms. The highest BCUT2D eigenvalue weighted by Gasteiger charge is 2.09. The topological polar surface area (TPSA) is 12.0 Å². The van der Waals surface area contributed by atoms with Gasteiger partial charge in [-0.1, -0.05) is 40.2 Å². The molecule has 0 aliphatic rings. The normalized spacial score (nSPS) is 12.5. The first-order valence-corrected chi connectivity index (χ1v) is 7.84. The molecular formula is C16H14BrNS. The molecule has 3 aromatic rings. The molecular weight excluding hydrogens is 318 g/mol. The maximum absolute atomic E-state index is 3.54. The van der Waals surface area contributed by atoms with Crippen LogP contribution in [-0.4, -0.2) is 0 Å². The van der Waals surface area contributed by atoms with Crippen LogP contribution in [0, 0.1) is 0 Å². The zero-order valence-electron chi connectivity index (χ0n) is 10.6. The van der Waals surface area contributed by atoms with Crippen LogP contribution in [0.15, 0.2) is 59.1 Å². The molecule has 1 N–H and O–H groups in total. The minimum Gasteiger partial charge on any atom is -0.378 e. The molecule has 3 rings (SSSR count). The van der Waals surface area contributed by atoms with Crippen molar-refractivity contribution in [2.45, 2.75) is 13.0 Å². The lowest BCUT2D eigenvalue weighted by Crippen LogP contribution is -2.04. The van der Waals surface area contributed by atoms with Gasteiger partial charge < -0.3 is 5.32 Å². The molecule has 0 fully saturated rings. The number of halogens is 1. The van der Waals surface area contributed by atoms with Crippen LogP contribution in [-0.2, 0) is 0 Å². The van der Waals surface area contributed by atoms with Gasteiger partial charge in [0.1, 0.15) is 0 Å². The number of hydrogen-bond donors (Lipinski definition) is 1. The maximum atomic E-state index is 3.54. The average molecular weight is 332 g/mol. The maximum Gasteiger partial charge on any atom is 0.0578 e. The highest BCUT2D eigenvalue weighted by Crippen LogP contribution is 2.31. The molecule has 2 aromatic carbocycles. The zero-order chi connectivity index (χ0) is 13.2. The SMILES string of the molecule is CC(Nc1cccc(Br)c1)c1cc2ccccc2s1. The molecule has 0 aliphatic heterocycles.